The molecular formula is C25H28N6O2S. The van der Waals surface area contributed by atoms with Crippen LogP contribution in [0.25, 0.3) is 10.2 Å². The summed E-state index contributed by atoms with van der Waals surface area (Å²) in [5, 5.41) is 24.9. The zero-order valence-electron chi connectivity index (χ0n) is 19.5. The van der Waals surface area contributed by atoms with Crippen LogP contribution in [0.4, 0.5) is 23.1 Å². The summed E-state index contributed by atoms with van der Waals surface area (Å²) >= 11 is 1.60. The average Bonchev–Trinajstić information content (AvgIpc) is 3.32. The topological polar surface area (TPSA) is 97.1 Å². The number of nitrogens with one attached hydrogen (secondary N) is 2. The van der Waals surface area contributed by atoms with E-state index < -0.39 is 5.60 Å². The van der Waals surface area contributed by atoms with Crippen molar-refractivity contribution in [2.45, 2.75) is 45.3 Å². The van der Waals surface area contributed by atoms with Crippen molar-refractivity contribution in [1.29, 1.82) is 0 Å². The van der Waals surface area contributed by atoms with Crippen LogP contribution in [0.1, 0.15) is 43.9 Å². The second-order valence-corrected chi connectivity index (χ2v) is 11.0. The minimum atomic E-state index is -0.921. The van der Waals surface area contributed by atoms with Crippen LogP contribution in [0.3, 0.4) is 0 Å². The van der Waals surface area contributed by atoms with Gasteiger partial charge in [-0.3, -0.25) is 4.68 Å². The summed E-state index contributed by atoms with van der Waals surface area (Å²) in [4.78, 5) is 10.5. The van der Waals surface area contributed by atoms with Crippen molar-refractivity contribution in [2.75, 3.05) is 23.8 Å². The lowest BCUT2D eigenvalue weighted by atomic mass is 9.64. The van der Waals surface area contributed by atoms with Gasteiger partial charge < -0.3 is 20.5 Å². The number of hydrogen-bond acceptors (Lipinski definition) is 8. The van der Waals surface area contributed by atoms with Gasteiger partial charge in [0.15, 0.2) is 0 Å². The standard InChI is InChI=1S/C25H28N6O2S/c1-15-12-34-22-20(15)21(27-17-6-4-5-16(7-17)24(2,3)32)29-23(30-22)28-18-10-26-31(11-18)19-8-25(9-19)13-33-14-25/h4-7,10-12,19,32H,8-9,13-14H2,1-3H3,(H2,27,28,29,30). The molecule has 176 valence electrons. The smallest absolute Gasteiger partial charge is 0.230 e. The summed E-state index contributed by atoms with van der Waals surface area (Å²) < 4.78 is 7.43. The summed E-state index contributed by atoms with van der Waals surface area (Å²) in [5.74, 6) is 1.25. The Bertz CT molecular complexity index is 1360. The molecule has 0 atom stereocenters. The van der Waals surface area contributed by atoms with Crippen LogP contribution in [-0.4, -0.2) is 38.1 Å². The van der Waals surface area contributed by atoms with Gasteiger partial charge in [0, 0.05) is 17.3 Å². The fourth-order valence-electron chi connectivity index (χ4n) is 4.83. The molecule has 2 aliphatic rings. The number of hydrogen-bond donors (Lipinski definition) is 3. The number of rotatable bonds is 6. The molecular weight excluding hydrogens is 448 g/mol. The molecule has 1 saturated heterocycles. The van der Waals surface area contributed by atoms with E-state index in [2.05, 4.69) is 28.0 Å². The summed E-state index contributed by atoms with van der Waals surface area (Å²) in [6.45, 7) is 7.40. The molecule has 1 spiro atoms. The van der Waals surface area contributed by atoms with Crippen LogP contribution in [-0.2, 0) is 10.3 Å². The summed E-state index contributed by atoms with van der Waals surface area (Å²) in [6.07, 6.45) is 6.12. The van der Waals surface area contributed by atoms with Crippen LogP contribution in [0, 0.1) is 12.3 Å². The van der Waals surface area contributed by atoms with Gasteiger partial charge in [-0.25, -0.2) is 4.98 Å². The fourth-order valence-corrected chi connectivity index (χ4v) is 5.75. The van der Waals surface area contributed by atoms with E-state index in [0.29, 0.717) is 17.4 Å². The molecule has 1 aliphatic carbocycles. The van der Waals surface area contributed by atoms with E-state index in [4.69, 9.17) is 14.7 Å². The molecule has 3 N–H and O–H groups in total. The maximum Gasteiger partial charge on any atom is 0.230 e. The van der Waals surface area contributed by atoms with Crippen LogP contribution in [0.15, 0.2) is 42.0 Å². The predicted molar refractivity (Wildman–Crippen MR) is 134 cm³/mol. The van der Waals surface area contributed by atoms with Crippen LogP contribution in [0.2, 0.25) is 0 Å². The number of thiophene rings is 1. The van der Waals surface area contributed by atoms with Gasteiger partial charge in [0.1, 0.15) is 10.6 Å². The zero-order chi connectivity index (χ0) is 23.5. The molecule has 4 heterocycles. The Morgan fingerprint density at radius 1 is 1.18 bits per heavy atom. The van der Waals surface area contributed by atoms with Crippen molar-refractivity contribution >= 4 is 44.7 Å². The largest absolute Gasteiger partial charge is 0.386 e. The van der Waals surface area contributed by atoms with Crippen LogP contribution >= 0.6 is 11.3 Å². The second kappa shape index (κ2) is 7.76. The monoisotopic (exact) mass is 476 g/mol. The lowest BCUT2D eigenvalue weighted by Crippen LogP contribution is -2.52. The number of nitrogens with zero attached hydrogens (tertiary/aromatic N) is 4. The Morgan fingerprint density at radius 3 is 2.74 bits per heavy atom. The van der Waals surface area contributed by atoms with Gasteiger partial charge in [-0.1, -0.05) is 12.1 Å². The molecule has 0 bridgehead atoms. The first-order valence-electron chi connectivity index (χ1n) is 11.5. The third-order valence-corrected chi connectivity index (χ3v) is 7.82. The minimum absolute atomic E-state index is 0.401. The quantitative estimate of drug-likeness (QED) is 0.349. The third kappa shape index (κ3) is 3.83. The van der Waals surface area contributed by atoms with E-state index in [1.54, 1.807) is 25.2 Å². The number of aromatic nitrogens is 4. The number of anilines is 4. The highest BCUT2D eigenvalue weighted by atomic mass is 32.1. The van der Waals surface area contributed by atoms with E-state index in [9.17, 15) is 5.11 Å². The molecule has 2 fully saturated rings. The molecule has 0 amide bonds. The highest BCUT2D eigenvalue weighted by molar-refractivity contribution is 7.17. The van der Waals surface area contributed by atoms with E-state index in [0.717, 1.165) is 64.6 Å². The molecule has 3 aromatic heterocycles. The normalized spacial score (nSPS) is 17.5. The molecule has 34 heavy (non-hydrogen) atoms. The molecule has 1 aliphatic heterocycles. The fraction of sp³-hybridized carbons (Fsp3) is 0.400. The molecule has 0 unspecified atom stereocenters. The van der Waals surface area contributed by atoms with Gasteiger partial charge in [0.25, 0.3) is 0 Å². The summed E-state index contributed by atoms with van der Waals surface area (Å²) in [5.41, 5.74) is 3.17. The van der Waals surface area contributed by atoms with Crippen molar-refractivity contribution in [2.24, 2.45) is 5.41 Å². The SMILES string of the molecule is Cc1csc2nc(Nc3cnn(C4CC5(COC5)C4)c3)nc(Nc3cccc(C(C)(C)O)c3)c12. The average molecular weight is 477 g/mol. The molecule has 1 saturated carbocycles. The lowest BCUT2D eigenvalue weighted by Gasteiger charge is -2.53. The number of aryl methyl sites for hydroxylation is 1. The van der Waals surface area contributed by atoms with Gasteiger partial charge in [0.2, 0.25) is 5.95 Å². The van der Waals surface area contributed by atoms with Crippen molar-refractivity contribution in [3.05, 3.63) is 53.2 Å². The van der Waals surface area contributed by atoms with Gasteiger partial charge in [-0.05, 0) is 62.3 Å². The van der Waals surface area contributed by atoms with Gasteiger partial charge in [-0.2, -0.15) is 10.1 Å². The first-order chi connectivity index (χ1) is 16.3. The molecule has 6 rings (SSSR count). The Balaban J connectivity index is 1.26. The van der Waals surface area contributed by atoms with E-state index >= 15 is 0 Å². The van der Waals surface area contributed by atoms with Crippen LogP contribution in [0.5, 0.6) is 0 Å². The lowest BCUT2D eigenvalue weighted by molar-refractivity contribution is -0.175. The molecule has 4 aromatic rings. The van der Waals surface area contributed by atoms with Crippen molar-refractivity contribution < 1.29 is 9.84 Å². The van der Waals surface area contributed by atoms with Crippen molar-refractivity contribution in [1.82, 2.24) is 19.7 Å². The van der Waals surface area contributed by atoms with Gasteiger partial charge >= 0.3 is 0 Å². The van der Waals surface area contributed by atoms with E-state index in [1.807, 2.05) is 41.3 Å². The molecule has 9 heteroatoms. The Morgan fingerprint density at radius 2 is 2.00 bits per heavy atom. The first-order valence-corrected chi connectivity index (χ1v) is 12.4. The maximum absolute atomic E-state index is 10.4. The maximum atomic E-state index is 10.4. The third-order valence-electron chi connectivity index (χ3n) is 6.83. The number of ether oxygens (including phenoxy) is 1. The van der Waals surface area contributed by atoms with Crippen molar-refractivity contribution in [3.63, 3.8) is 0 Å². The summed E-state index contributed by atoms with van der Waals surface area (Å²) in [7, 11) is 0. The Kier molecular flexibility index (Phi) is 4.91. The van der Waals surface area contributed by atoms with E-state index in [-0.39, 0.29) is 0 Å². The number of benzene rings is 1. The predicted octanol–water partition coefficient (Wildman–Crippen LogP) is 5.26. The minimum Gasteiger partial charge on any atom is -0.386 e. The highest BCUT2D eigenvalue weighted by Gasteiger charge is 2.50. The van der Waals surface area contributed by atoms with Gasteiger partial charge in [-0.15, -0.1) is 11.3 Å². The number of fused-ring (bicyclic) bond motifs is 1. The molecule has 0 radical (unpaired) electrons. The number of aliphatic hydroxyl groups is 1. The Hall–Kier alpha value is -3.01. The second-order valence-electron chi connectivity index (χ2n) is 10.1. The molecule has 1 aromatic carbocycles. The first kappa shape index (κ1) is 21.5. The molecule has 8 nitrogen and oxygen atoms in total. The summed E-state index contributed by atoms with van der Waals surface area (Å²) in [6, 6.07) is 8.21. The van der Waals surface area contributed by atoms with Crippen LogP contribution < -0.4 is 10.6 Å². The highest BCUT2D eigenvalue weighted by Crippen LogP contribution is 2.52. The van der Waals surface area contributed by atoms with E-state index in [1.165, 1.54) is 0 Å². The Labute approximate surface area is 202 Å². The van der Waals surface area contributed by atoms with Crippen molar-refractivity contribution in [3.8, 4) is 0 Å². The van der Waals surface area contributed by atoms with Gasteiger partial charge in [0.05, 0.1) is 42.1 Å². The zero-order valence-corrected chi connectivity index (χ0v) is 20.3.